The van der Waals surface area contributed by atoms with E-state index in [4.69, 9.17) is 9.47 Å². The predicted octanol–water partition coefficient (Wildman–Crippen LogP) is 4.98. The zero-order valence-corrected chi connectivity index (χ0v) is 25.7. The molecule has 0 bridgehead atoms. The van der Waals surface area contributed by atoms with E-state index < -0.39 is 47.1 Å². The SMILES string of the molecule is CCOC(=O)CCNC(=O)C(c1ccc(C)cc1C)N(C(=O)C(NC(=O)OC(C)(C)C)C(C)CC)C(C)(C)C. The standard InChI is InChI=1S/C30H49N3O6/c1-12-20(4)24(32-28(37)39-30(9,10)11)27(36)33(29(6,7)8)25(22-15-14-19(3)18-21(22)5)26(35)31-17-16-23(34)38-13-2/h14-15,18,20,24-25H,12-13,16-17H2,1-11H3,(H,31,35)(H,32,37). The Morgan fingerprint density at radius 3 is 2.10 bits per heavy atom. The molecule has 0 aromatic heterocycles. The second-order valence-electron chi connectivity index (χ2n) is 12.0. The lowest BCUT2D eigenvalue weighted by Crippen LogP contribution is -2.60. The van der Waals surface area contributed by atoms with Crippen LogP contribution in [-0.2, 0) is 23.9 Å². The molecular formula is C30H49N3O6. The normalized spacial score (nSPS) is 14.0. The third-order valence-corrected chi connectivity index (χ3v) is 6.27. The summed E-state index contributed by atoms with van der Waals surface area (Å²) in [5.74, 6) is -1.47. The Bertz CT molecular complexity index is 1010. The molecule has 0 fully saturated rings. The maximum atomic E-state index is 14.4. The Balaban J connectivity index is 3.58. The largest absolute Gasteiger partial charge is 0.466 e. The number of aryl methyl sites for hydroxylation is 2. The summed E-state index contributed by atoms with van der Waals surface area (Å²) in [6.07, 6.45) is -0.0698. The van der Waals surface area contributed by atoms with Crippen LogP contribution in [0, 0.1) is 19.8 Å². The highest BCUT2D eigenvalue weighted by Crippen LogP contribution is 2.33. The van der Waals surface area contributed by atoms with E-state index in [1.807, 2.05) is 66.7 Å². The van der Waals surface area contributed by atoms with Crippen LogP contribution in [0.1, 0.15) is 97.9 Å². The first-order valence-electron chi connectivity index (χ1n) is 13.8. The number of alkyl carbamates (subject to hydrolysis) is 1. The Morgan fingerprint density at radius 1 is 1.00 bits per heavy atom. The second kappa shape index (κ2) is 14.3. The van der Waals surface area contributed by atoms with Crippen molar-refractivity contribution in [3.05, 3.63) is 34.9 Å². The third kappa shape index (κ3) is 10.5. The molecule has 3 atom stereocenters. The van der Waals surface area contributed by atoms with Crippen LogP contribution in [0.2, 0.25) is 0 Å². The first-order valence-corrected chi connectivity index (χ1v) is 13.8. The van der Waals surface area contributed by atoms with Gasteiger partial charge in [0.2, 0.25) is 11.8 Å². The number of ether oxygens (including phenoxy) is 2. The molecule has 0 radical (unpaired) electrons. The summed E-state index contributed by atoms with van der Waals surface area (Å²) in [5, 5.41) is 5.60. The Morgan fingerprint density at radius 2 is 1.62 bits per heavy atom. The fourth-order valence-electron chi connectivity index (χ4n) is 4.26. The molecule has 2 N–H and O–H groups in total. The monoisotopic (exact) mass is 547 g/mol. The van der Waals surface area contributed by atoms with Crippen molar-refractivity contribution in [2.24, 2.45) is 5.92 Å². The van der Waals surface area contributed by atoms with E-state index in [0.717, 1.165) is 11.1 Å². The van der Waals surface area contributed by atoms with E-state index in [0.29, 0.717) is 12.0 Å². The molecule has 3 amide bonds. The van der Waals surface area contributed by atoms with Gasteiger partial charge < -0.3 is 25.0 Å². The number of amides is 3. The number of benzene rings is 1. The van der Waals surface area contributed by atoms with Crippen molar-refractivity contribution in [2.45, 2.75) is 112 Å². The van der Waals surface area contributed by atoms with Gasteiger partial charge in [-0.3, -0.25) is 14.4 Å². The molecule has 9 heteroatoms. The van der Waals surface area contributed by atoms with E-state index in [1.165, 1.54) is 0 Å². The van der Waals surface area contributed by atoms with Crippen LogP contribution in [0.3, 0.4) is 0 Å². The average molecular weight is 548 g/mol. The molecule has 0 aliphatic heterocycles. The van der Waals surface area contributed by atoms with Gasteiger partial charge in [0.05, 0.1) is 13.0 Å². The summed E-state index contributed by atoms with van der Waals surface area (Å²) in [7, 11) is 0. The van der Waals surface area contributed by atoms with Gasteiger partial charge in [-0.15, -0.1) is 0 Å². The highest BCUT2D eigenvalue weighted by molar-refractivity contribution is 5.93. The first kappa shape index (κ1) is 33.9. The summed E-state index contributed by atoms with van der Waals surface area (Å²) < 4.78 is 10.4. The zero-order chi connectivity index (χ0) is 30.1. The van der Waals surface area contributed by atoms with Crippen molar-refractivity contribution in [1.82, 2.24) is 15.5 Å². The molecule has 0 spiro atoms. The molecular weight excluding hydrogens is 498 g/mol. The number of rotatable bonds is 11. The zero-order valence-electron chi connectivity index (χ0n) is 25.7. The quantitative estimate of drug-likeness (QED) is 0.378. The molecule has 0 aliphatic rings. The molecule has 3 unspecified atom stereocenters. The number of carbonyl (C=O) groups excluding carboxylic acids is 4. The van der Waals surface area contributed by atoms with Gasteiger partial charge in [-0.2, -0.15) is 0 Å². The summed E-state index contributed by atoms with van der Waals surface area (Å²) in [5.41, 5.74) is 0.992. The topological polar surface area (TPSA) is 114 Å². The lowest BCUT2D eigenvalue weighted by molar-refractivity contribution is -0.150. The summed E-state index contributed by atoms with van der Waals surface area (Å²) in [6.45, 7) is 20.6. The summed E-state index contributed by atoms with van der Waals surface area (Å²) in [4.78, 5) is 54.3. The molecule has 0 saturated heterocycles. The number of carbonyl (C=O) groups is 4. The number of nitrogens with zero attached hydrogens (tertiary/aromatic N) is 1. The second-order valence-corrected chi connectivity index (χ2v) is 12.0. The fourth-order valence-corrected chi connectivity index (χ4v) is 4.26. The highest BCUT2D eigenvalue weighted by atomic mass is 16.6. The minimum absolute atomic E-state index is 0.0122. The lowest BCUT2D eigenvalue weighted by Gasteiger charge is -2.44. The number of nitrogens with one attached hydrogen (secondary N) is 2. The van der Waals surface area contributed by atoms with Gasteiger partial charge in [0.1, 0.15) is 17.7 Å². The van der Waals surface area contributed by atoms with Crippen molar-refractivity contribution >= 4 is 23.9 Å². The fraction of sp³-hybridized carbons (Fsp3) is 0.667. The molecule has 9 nitrogen and oxygen atoms in total. The van der Waals surface area contributed by atoms with E-state index in [9.17, 15) is 19.2 Å². The van der Waals surface area contributed by atoms with Gasteiger partial charge in [-0.1, -0.05) is 44.0 Å². The van der Waals surface area contributed by atoms with Crippen LogP contribution in [0.4, 0.5) is 4.79 Å². The molecule has 220 valence electrons. The van der Waals surface area contributed by atoms with E-state index >= 15 is 0 Å². The number of hydrogen-bond acceptors (Lipinski definition) is 6. The molecule has 1 aromatic rings. The molecule has 0 heterocycles. The van der Waals surface area contributed by atoms with Gasteiger partial charge in [-0.05, 0) is 79.4 Å². The van der Waals surface area contributed by atoms with Crippen molar-refractivity contribution in [1.29, 1.82) is 0 Å². The van der Waals surface area contributed by atoms with Crippen molar-refractivity contribution in [3.63, 3.8) is 0 Å². The third-order valence-electron chi connectivity index (χ3n) is 6.27. The minimum atomic E-state index is -1.01. The van der Waals surface area contributed by atoms with Gasteiger partial charge >= 0.3 is 12.1 Å². The molecule has 0 aliphatic carbocycles. The van der Waals surface area contributed by atoms with Gasteiger partial charge in [0.25, 0.3) is 0 Å². The van der Waals surface area contributed by atoms with Gasteiger partial charge in [0.15, 0.2) is 0 Å². The van der Waals surface area contributed by atoms with Crippen molar-refractivity contribution < 1.29 is 28.7 Å². The lowest BCUT2D eigenvalue weighted by atomic mass is 9.90. The minimum Gasteiger partial charge on any atom is -0.466 e. The maximum Gasteiger partial charge on any atom is 0.408 e. The van der Waals surface area contributed by atoms with E-state index in [1.54, 1.807) is 32.6 Å². The molecule has 1 aromatic carbocycles. The number of esters is 1. The van der Waals surface area contributed by atoms with Crippen LogP contribution in [0.25, 0.3) is 0 Å². The van der Waals surface area contributed by atoms with E-state index in [2.05, 4.69) is 10.6 Å². The molecule has 1 rings (SSSR count). The Kier molecular flexibility index (Phi) is 12.5. The van der Waals surface area contributed by atoms with Crippen LogP contribution in [0.5, 0.6) is 0 Å². The molecule has 0 saturated carbocycles. The van der Waals surface area contributed by atoms with Gasteiger partial charge in [0, 0.05) is 12.1 Å². The average Bonchev–Trinajstić information content (AvgIpc) is 2.78. The Labute approximate surface area is 234 Å². The smallest absolute Gasteiger partial charge is 0.408 e. The van der Waals surface area contributed by atoms with Crippen LogP contribution in [0.15, 0.2) is 18.2 Å². The summed E-state index contributed by atoms with van der Waals surface area (Å²) in [6, 6.07) is 3.78. The van der Waals surface area contributed by atoms with E-state index in [-0.39, 0.29) is 25.5 Å². The number of hydrogen-bond donors (Lipinski definition) is 2. The van der Waals surface area contributed by atoms with Crippen molar-refractivity contribution in [2.75, 3.05) is 13.2 Å². The molecule has 39 heavy (non-hydrogen) atoms. The highest BCUT2D eigenvalue weighted by Gasteiger charge is 2.43. The van der Waals surface area contributed by atoms with Crippen molar-refractivity contribution in [3.8, 4) is 0 Å². The predicted molar refractivity (Wildman–Crippen MR) is 152 cm³/mol. The van der Waals surface area contributed by atoms with Crippen LogP contribution < -0.4 is 10.6 Å². The van der Waals surface area contributed by atoms with Crippen LogP contribution in [-0.4, -0.2) is 59.1 Å². The van der Waals surface area contributed by atoms with Gasteiger partial charge in [-0.25, -0.2) is 4.79 Å². The summed E-state index contributed by atoms with van der Waals surface area (Å²) >= 11 is 0. The van der Waals surface area contributed by atoms with Crippen LogP contribution >= 0.6 is 0 Å². The Hall–Kier alpha value is -3.10. The maximum absolute atomic E-state index is 14.4. The first-order chi connectivity index (χ1) is 17.9.